The van der Waals surface area contributed by atoms with Crippen LogP contribution in [0.4, 0.5) is 0 Å². The second kappa shape index (κ2) is 2.96. The van der Waals surface area contributed by atoms with Crippen molar-refractivity contribution in [2.24, 2.45) is 11.3 Å². The SMILES string of the molecule is O=C1C2CCC3(CC3)C(C2)N1OS(=O)(=O)O. The predicted octanol–water partition coefficient (Wildman–Crippen LogP) is 0.512. The van der Waals surface area contributed by atoms with Crippen LogP contribution in [0.5, 0.6) is 0 Å². The zero-order chi connectivity index (χ0) is 11.6. The van der Waals surface area contributed by atoms with E-state index in [1.165, 1.54) is 0 Å². The van der Waals surface area contributed by atoms with E-state index in [2.05, 4.69) is 4.28 Å². The molecule has 2 saturated carbocycles. The van der Waals surface area contributed by atoms with Crippen molar-refractivity contribution in [3.63, 3.8) is 0 Å². The Bertz CT molecular complexity index is 441. The summed E-state index contributed by atoms with van der Waals surface area (Å²) in [6.45, 7) is 0. The largest absolute Gasteiger partial charge is 0.418 e. The summed E-state index contributed by atoms with van der Waals surface area (Å²) in [5, 5.41) is 0.903. The lowest BCUT2D eigenvalue weighted by molar-refractivity contribution is -0.161. The van der Waals surface area contributed by atoms with E-state index >= 15 is 0 Å². The van der Waals surface area contributed by atoms with Crippen LogP contribution in [0.2, 0.25) is 0 Å². The first-order chi connectivity index (χ1) is 7.41. The van der Waals surface area contributed by atoms with Gasteiger partial charge in [0, 0.05) is 5.92 Å². The fourth-order valence-electron chi connectivity index (χ4n) is 3.10. The number of nitrogens with zero attached hydrogens (tertiary/aromatic N) is 1. The number of hydrogen-bond acceptors (Lipinski definition) is 4. The Morgan fingerprint density at radius 2 is 2.06 bits per heavy atom. The van der Waals surface area contributed by atoms with Gasteiger partial charge in [0.15, 0.2) is 0 Å². The second-order valence-corrected chi connectivity index (χ2v) is 6.02. The number of fused-ring (bicyclic) bond motifs is 3. The van der Waals surface area contributed by atoms with E-state index in [0.717, 1.165) is 30.7 Å². The molecule has 2 unspecified atom stereocenters. The molecule has 0 aromatic heterocycles. The van der Waals surface area contributed by atoms with E-state index in [0.29, 0.717) is 6.42 Å². The van der Waals surface area contributed by atoms with Crippen LogP contribution < -0.4 is 0 Å². The maximum Gasteiger partial charge on any atom is 0.418 e. The van der Waals surface area contributed by atoms with Crippen molar-refractivity contribution in [1.82, 2.24) is 5.06 Å². The van der Waals surface area contributed by atoms with Gasteiger partial charge in [-0.1, -0.05) is 0 Å². The molecule has 1 spiro atoms. The molecule has 1 amide bonds. The quantitative estimate of drug-likeness (QED) is 0.719. The van der Waals surface area contributed by atoms with Crippen molar-refractivity contribution >= 4 is 16.3 Å². The lowest BCUT2D eigenvalue weighted by Crippen LogP contribution is -2.40. The molecule has 0 radical (unpaired) electrons. The van der Waals surface area contributed by atoms with Gasteiger partial charge in [-0.05, 0) is 37.5 Å². The zero-order valence-corrected chi connectivity index (χ0v) is 9.44. The summed E-state index contributed by atoms with van der Waals surface area (Å²) in [6.07, 6.45) is 4.46. The first kappa shape index (κ1) is 10.5. The number of hydrogen-bond donors (Lipinski definition) is 1. The smallest absolute Gasteiger partial charge is 0.272 e. The fraction of sp³-hybridized carbons (Fsp3) is 0.889. The Morgan fingerprint density at radius 3 is 2.62 bits per heavy atom. The van der Waals surface area contributed by atoms with Crippen molar-refractivity contribution in [3.8, 4) is 0 Å². The zero-order valence-electron chi connectivity index (χ0n) is 8.63. The third-order valence-electron chi connectivity index (χ3n) is 4.12. The molecule has 16 heavy (non-hydrogen) atoms. The van der Waals surface area contributed by atoms with E-state index in [9.17, 15) is 13.2 Å². The first-order valence-electron chi connectivity index (χ1n) is 5.41. The number of hydroxylamine groups is 2. The summed E-state index contributed by atoms with van der Waals surface area (Å²) in [7, 11) is -4.60. The molecule has 0 aromatic carbocycles. The summed E-state index contributed by atoms with van der Waals surface area (Å²) in [4.78, 5) is 11.8. The normalized spacial score (nSPS) is 35.8. The third-order valence-corrected chi connectivity index (χ3v) is 4.47. The minimum absolute atomic E-state index is 0.0628. The van der Waals surface area contributed by atoms with Crippen molar-refractivity contribution in [2.45, 2.75) is 38.1 Å². The Kier molecular flexibility index (Phi) is 1.94. The molecule has 6 nitrogen and oxygen atoms in total. The molecule has 1 aliphatic heterocycles. The van der Waals surface area contributed by atoms with Crippen LogP contribution >= 0.6 is 0 Å². The Balaban J connectivity index is 1.89. The number of amides is 1. The molecular formula is C9H13NO5S. The van der Waals surface area contributed by atoms with Gasteiger partial charge in [-0.2, -0.15) is 13.5 Å². The minimum atomic E-state index is -4.60. The summed E-state index contributed by atoms with van der Waals surface area (Å²) in [6, 6.07) is -0.166. The van der Waals surface area contributed by atoms with Gasteiger partial charge in [0.05, 0.1) is 6.04 Å². The van der Waals surface area contributed by atoms with Gasteiger partial charge in [-0.25, -0.2) is 0 Å². The van der Waals surface area contributed by atoms with Gasteiger partial charge in [0.1, 0.15) is 0 Å². The van der Waals surface area contributed by atoms with Crippen molar-refractivity contribution in [3.05, 3.63) is 0 Å². The van der Waals surface area contributed by atoms with Crippen molar-refractivity contribution in [2.75, 3.05) is 0 Å². The van der Waals surface area contributed by atoms with E-state index in [4.69, 9.17) is 4.55 Å². The Morgan fingerprint density at radius 1 is 1.38 bits per heavy atom. The summed E-state index contributed by atoms with van der Waals surface area (Å²) < 4.78 is 34.5. The van der Waals surface area contributed by atoms with Crippen molar-refractivity contribution < 1.29 is 22.0 Å². The molecule has 0 aromatic rings. The topological polar surface area (TPSA) is 83.9 Å². The summed E-state index contributed by atoms with van der Waals surface area (Å²) in [5.74, 6) is -0.427. The Hall–Kier alpha value is -0.660. The van der Waals surface area contributed by atoms with Crippen LogP contribution in [-0.2, 0) is 19.5 Å². The monoisotopic (exact) mass is 247 g/mol. The van der Waals surface area contributed by atoms with Crippen LogP contribution in [0.25, 0.3) is 0 Å². The van der Waals surface area contributed by atoms with Crippen LogP contribution in [-0.4, -0.2) is 30.0 Å². The highest BCUT2D eigenvalue weighted by Gasteiger charge is 2.61. The Labute approximate surface area is 93.5 Å². The molecule has 7 heteroatoms. The van der Waals surface area contributed by atoms with Gasteiger partial charge in [-0.15, -0.1) is 4.28 Å². The van der Waals surface area contributed by atoms with Crippen molar-refractivity contribution in [1.29, 1.82) is 0 Å². The lowest BCUT2D eigenvalue weighted by Gasteiger charge is -2.30. The van der Waals surface area contributed by atoms with E-state index in [-0.39, 0.29) is 23.3 Å². The third kappa shape index (κ3) is 1.46. The summed E-state index contributed by atoms with van der Waals surface area (Å²) in [5.41, 5.74) is 0.0628. The highest BCUT2D eigenvalue weighted by atomic mass is 32.3. The number of carbonyl (C=O) groups is 1. The molecule has 2 aliphatic carbocycles. The minimum Gasteiger partial charge on any atom is -0.272 e. The maximum absolute atomic E-state index is 11.8. The molecule has 1 saturated heterocycles. The van der Waals surface area contributed by atoms with E-state index in [1.807, 2.05) is 0 Å². The molecule has 3 aliphatic rings. The highest BCUT2D eigenvalue weighted by Crippen LogP contribution is 2.61. The van der Waals surface area contributed by atoms with E-state index in [1.54, 1.807) is 0 Å². The average Bonchev–Trinajstić information content (AvgIpc) is 2.89. The molecule has 3 fully saturated rings. The fourth-order valence-corrected chi connectivity index (χ4v) is 3.48. The first-order valence-corrected chi connectivity index (χ1v) is 6.78. The lowest BCUT2D eigenvalue weighted by atomic mass is 9.79. The number of carbonyl (C=O) groups excluding carboxylic acids is 1. The maximum atomic E-state index is 11.8. The average molecular weight is 247 g/mol. The molecule has 3 rings (SSSR count). The van der Waals surface area contributed by atoms with Gasteiger partial charge in [-0.3, -0.25) is 9.35 Å². The van der Waals surface area contributed by atoms with Gasteiger partial charge in [0.25, 0.3) is 5.91 Å². The van der Waals surface area contributed by atoms with Crippen LogP contribution in [0.1, 0.15) is 32.1 Å². The van der Waals surface area contributed by atoms with E-state index < -0.39 is 10.4 Å². The second-order valence-electron chi connectivity index (χ2n) is 5.02. The molecule has 2 bridgehead atoms. The predicted molar refractivity (Wildman–Crippen MR) is 52.3 cm³/mol. The molecule has 1 N–H and O–H groups in total. The molecular weight excluding hydrogens is 234 g/mol. The summed E-state index contributed by atoms with van der Waals surface area (Å²) >= 11 is 0. The number of rotatable bonds is 2. The molecule has 2 atom stereocenters. The molecule has 90 valence electrons. The van der Waals surface area contributed by atoms with Gasteiger partial charge >= 0.3 is 10.4 Å². The van der Waals surface area contributed by atoms with Crippen LogP contribution in [0, 0.1) is 11.3 Å². The van der Waals surface area contributed by atoms with Gasteiger partial charge in [0.2, 0.25) is 0 Å². The standard InChI is InChI=1S/C9H13NO5S/c11-8-6-1-2-9(3-4-9)7(5-6)10(8)15-16(12,13)14/h6-7H,1-5H2,(H,12,13,14). The van der Waals surface area contributed by atoms with Crippen LogP contribution in [0.3, 0.4) is 0 Å². The molecule has 1 heterocycles. The van der Waals surface area contributed by atoms with Gasteiger partial charge < -0.3 is 0 Å². The highest BCUT2D eigenvalue weighted by molar-refractivity contribution is 7.80. The van der Waals surface area contributed by atoms with Crippen LogP contribution in [0.15, 0.2) is 0 Å².